The number of anilines is 1. The van der Waals surface area contributed by atoms with Gasteiger partial charge in [-0.15, -0.1) is 0 Å². The van der Waals surface area contributed by atoms with Crippen molar-refractivity contribution >= 4 is 35.4 Å². The van der Waals surface area contributed by atoms with Gasteiger partial charge in [-0.2, -0.15) is 5.10 Å². The number of hydrogen-bond donors (Lipinski definition) is 2. The van der Waals surface area contributed by atoms with Gasteiger partial charge < -0.3 is 10.4 Å². The maximum absolute atomic E-state index is 11.5. The van der Waals surface area contributed by atoms with E-state index in [0.29, 0.717) is 28.9 Å². The molecule has 2 N–H and O–H groups in total. The maximum Gasteiger partial charge on any atom is 0.337 e. The second-order valence-electron chi connectivity index (χ2n) is 7.55. The number of nitrogens with zero attached hydrogens (tertiary/aromatic N) is 3. The topological polar surface area (TPSA) is 77.8 Å². The zero-order valence-corrected chi connectivity index (χ0v) is 17.1. The quantitative estimate of drug-likeness (QED) is 0.792. The number of aromatic nitrogens is 1. The lowest BCUT2D eigenvalue weighted by atomic mass is 9.97. The van der Waals surface area contributed by atoms with Crippen molar-refractivity contribution in [1.29, 1.82) is 0 Å². The van der Waals surface area contributed by atoms with Crippen molar-refractivity contribution in [2.24, 2.45) is 11.0 Å². The molecule has 2 aliphatic rings. The van der Waals surface area contributed by atoms with Gasteiger partial charge in [-0.1, -0.05) is 37.9 Å². The van der Waals surface area contributed by atoms with Crippen LogP contribution < -0.4 is 15.9 Å². The lowest BCUT2D eigenvalue weighted by molar-refractivity contribution is 0.0697. The Bertz CT molecular complexity index is 1110. The Hall–Kier alpha value is -2.86. The minimum absolute atomic E-state index is 0.0337. The van der Waals surface area contributed by atoms with Gasteiger partial charge in [0.15, 0.2) is 0 Å². The Labute approximate surface area is 174 Å². The predicted octanol–water partition coefficient (Wildman–Crippen LogP) is 2.99. The van der Waals surface area contributed by atoms with Crippen LogP contribution in [0.3, 0.4) is 0 Å². The zero-order chi connectivity index (χ0) is 20.5. The van der Waals surface area contributed by atoms with Crippen molar-refractivity contribution in [3.05, 3.63) is 62.9 Å². The van der Waals surface area contributed by atoms with E-state index in [4.69, 9.17) is 16.7 Å². The Morgan fingerprint density at radius 1 is 1.41 bits per heavy atom. The van der Waals surface area contributed by atoms with E-state index in [-0.39, 0.29) is 11.6 Å². The van der Waals surface area contributed by atoms with Gasteiger partial charge in [0.05, 0.1) is 28.3 Å². The molecule has 1 aromatic carbocycles. The summed E-state index contributed by atoms with van der Waals surface area (Å²) in [6.07, 6.45) is 6.78. The normalized spacial score (nSPS) is 18.4. The highest BCUT2D eigenvalue weighted by Crippen LogP contribution is 2.29. The Morgan fingerprint density at radius 3 is 3.00 bits per heavy atom. The van der Waals surface area contributed by atoms with Crippen LogP contribution in [-0.2, 0) is 0 Å². The van der Waals surface area contributed by atoms with Crippen molar-refractivity contribution in [1.82, 2.24) is 9.99 Å². The van der Waals surface area contributed by atoms with Crippen molar-refractivity contribution in [3.8, 4) is 0 Å². The summed E-state index contributed by atoms with van der Waals surface area (Å²) >= 11 is 6.17. The van der Waals surface area contributed by atoms with Crippen molar-refractivity contribution in [2.75, 3.05) is 18.4 Å². The SMILES string of the molecule is CCC(C)CN1N=c2cc(Cl)ccc2=CC1C1=Cc2nccc(C(=O)O)c2NC1. The van der Waals surface area contributed by atoms with Crippen LogP contribution in [0.1, 0.15) is 36.3 Å². The molecule has 3 heterocycles. The van der Waals surface area contributed by atoms with Gasteiger partial charge in [0, 0.05) is 29.5 Å². The molecule has 2 aromatic rings. The average Bonchev–Trinajstić information content (AvgIpc) is 2.72. The second-order valence-corrected chi connectivity index (χ2v) is 7.98. The first-order valence-electron chi connectivity index (χ1n) is 9.75. The Balaban J connectivity index is 1.78. The molecule has 0 saturated carbocycles. The van der Waals surface area contributed by atoms with Crippen molar-refractivity contribution in [3.63, 3.8) is 0 Å². The number of halogens is 1. The van der Waals surface area contributed by atoms with E-state index in [0.717, 1.165) is 29.1 Å². The Morgan fingerprint density at radius 2 is 2.24 bits per heavy atom. The average molecular weight is 411 g/mol. The zero-order valence-electron chi connectivity index (χ0n) is 16.4. The van der Waals surface area contributed by atoms with Crippen LogP contribution in [0.2, 0.25) is 5.02 Å². The van der Waals surface area contributed by atoms with Gasteiger partial charge in [0.2, 0.25) is 0 Å². The van der Waals surface area contributed by atoms with Crippen LogP contribution in [0, 0.1) is 5.92 Å². The number of pyridine rings is 1. The molecule has 2 atom stereocenters. The van der Waals surface area contributed by atoms with Crippen LogP contribution in [0.25, 0.3) is 12.2 Å². The van der Waals surface area contributed by atoms with Crippen molar-refractivity contribution < 1.29 is 9.90 Å². The second kappa shape index (κ2) is 7.87. The minimum atomic E-state index is -0.962. The fourth-order valence-electron chi connectivity index (χ4n) is 3.66. The summed E-state index contributed by atoms with van der Waals surface area (Å²) in [4.78, 5) is 15.9. The van der Waals surface area contributed by atoms with E-state index >= 15 is 0 Å². The molecule has 0 bridgehead atoms. The number of benzene rings is 1. The molecular weight excluding hydrogens is 388 g/mol. The monoisotopic (exact) mass is 410 g/mol. The summed E-state index contributed by atoms with van der Waals surface area (Å²) < 4.78 is 0. The van der Waals surface area contributed by atoms with E-state index in [2.05, 4.69) is 35.2 Å². The number of nitrogens with one attached hydrogen (secondary N) is 1. The largest absolute Gasteiger partial charge is 0.478 e. The van der Waals surface area contributed by atoms with Crippen LogP contribution in [0.15, 0.2) is 41.1 Å². The molecule has 4 rings (SSSR count). The fourth-order valence-corrected chi connectivity index (χ4v) is 3.83. The van der Waals surface area contributed by atoms with Gasteiger partial charge in [-0.3, -0.25) is 9.99 Å². The lowest BCUT2D eigenvalue weighted by Crippen LogP contribution is -2.45. The van der Waals surface area contributed by atoms with E-state index in [1.807, 2.05) is 24.3 Å². The first-order chi connectivity index (χ1) is 14.0. The summed E-state index contributed by atoms with van der Waals surface area (Å²) in [7, 11) is 0. The smallest absolute Gasteiger partial charge is 0.337 e. The number of hydrogen-bond acceptors (Lipinski definition) is 5. The van der Waals surface area contributed by atoms with Crippen LogP contribution in [0.4, 0.5) is 5.69 Å². The fraction of sp³-hybridized carbons (Fsp3) is 0.318. The molecule has 29 heavy (non-hydrogen) atoms. The standard InChI is InChI=1S/C22H23ClN4O2/c1-3-13(2)12-27-20(9-14-4-5-16(23)10-18(14)26-27)15-8-19-21(25-11-15)17(22(28)29)6-7-24-19/h4-10,13,20,25H,3,11-12H2,1-2H3,(H,28,29). The van der Waals surface area contributed by atoms with Crippen molar-refractivity contribution in [2.45, 2.75) is 26.3 Å². The number of aromatic carboxylic acids is 1. The first kappa shape index (κ1) is 19.5. The molecule has 2 unspecified atom stereocenters. The molecule has 0 radical (unpaired) electrons. The molecule has 0 spiro atoms. The van der Waals surface area contributed by atoms with Crippen LogP contribution >= 0.6 is 11.6 Å². The lowest BCUT2D eigenvalue weighted by Gasteiger charge is -2.34. The molecule has 1 aromatic heterocycles. The molecule has 6 nitrogen and oxygen atoms in total. The van der Waals surface area contributed by atoms with Crippen LogP contribution in [-0.4, -0.2) is 40.2 Å². The highest BCUT2D eigenvalue weighted by atomic mass is 35.5. The molecule has 0 aliphatic carbocycles. The number of rotatable bonds is 5. The summed E-state index contributed by atoms with van der Waals surface area (Å²) in [6, 6.07) is 7.23. The number of carboxylic acid groups (broad SMARTS) is 1. The maximum atomic E-state index is 11.5. The summed E-state index contributed by atoms with van der Waals surface area (Å²) in [6.45, 7) is 5.74. The van der Waals surface area contributed by atoms with Gasteiger partial charge in [0.25, 0.3) is 0 Å². The Kier molecular flexibility index (Phi) is 5.28. The van der Waals surface area contributed by atoms with Gasteiger partial charge in [-0.25, -0.2) is 4.79 Å². The molecule has 150 valence electrons. The summed E-state index contributed by atoms with van der Waals surface area (Å²) in [5.41, 5.74) is 2.54. The highest BCUT2D eigenvalue weighted by molar-refractivity contribution is 6.30. The van der Waals surface area contributed by atoms with E-state index in [9.17, 15) is 9.90 Å². The third kappa shape index (κ3) is 3.85. The molecule has 0 saturated heterocycles. The van der Waals surface area contributed by atoms with Gasteiger partial charge in [0.1, 0.15) is 0 Å². The molecule has 0 fully saturated rings. The highest BCUT2D eigenvalue weighted by Gasteiger charge is 2.27. The molecule has 2 aliphatic heterocycles. The number of fused-ring (bicyclic) bond motifs is 2. The third-order valence-electron chi connectivity index (χ3n) is 5.46. The molecule has 0 amide bonds. The van der Waals surface area contributed by atoms with E-state index in [1.54, 1.807) is 0 Å². The van der Waals surface area contributed by atoms with Gasteiger partial charge >= 0.3 is 5.97 Å². The molecular formula is C22H23ClN4O2. The summed E-state index contributed by atoms with van der Waals surface area (Å²) in [5.74, 6) is -0.479. The van der Waals surface area contributed by atoms with E-state index < -0.39 is 5.97 Å². The predicted molar refractivity (Wildman–Crippen MR) is 114 cm³/mol. The third-order valence-corrected chi connectivity index (χ3v) is 5.70. The number of carbonyl (C=O) groups is 1. The number of carboxylic acids is 1. The first-order valence-corrected chi connectivity index (χ1v) is 10.1. The van der Waals surface area contributed by atoms with E-state index in [1.165, 1.54) is 12.3 Å². The summed E-state index contributed by atoms with van der Waals surface area (Å²) in [5, 5.41) is 22.3. The molecule has 7 heteroatoms. The minimum Gasteiger partial charge on any atom is -0.478 e. The van der Waals surface area contributed by atoms with Crippen LogP contribution in [0.5, 0.6) is 0 Å². The van der Waals surface area contributed by atoms with Gasteiger partial charge in [-0.05, 0) is 41.8 Å².